The molecule has 1 aromatic rings. The number of hydrogen-bond donors (Lipinski definition) is 1. The second-order valence-electron chi connectivity index (χ2n) is 5.51. The van der Waals surface area contributed by atoms with Crippen molar-refractivity contribution >= 4 is 5.82 Å². The van der Waals surface area contributed by atoms with Gasteiger partial charge in [0.05, 0.1) is 6.61 Å². The molecule has 0 atom stereocenters. The summed E-state index contributed by atoms with van der Waals surface area (Å²) in [5.74, 6) is 0.940. The van der Waals surface area contributed by atoms with E-state index in [-0.39, 0.29) is 6.61 Å². The largest absolute Gasteiger partial charge is 0.392 e. The van der Waals surface area contributed by atoms with Crippen LogP contribution < -0.4 is 4.90 Å². The summed E-state index contributed by atoms with van der Waals surface area (Å²) in [6.07, 6.45) is 5.59. The predicted octanol–water partition coefficient (Wildman–Crippen LogP) is 1.49. The first kappa shape index (κ1) is 13.3. The smallest absolute Gasteiger partial charge is 0.128 e. The summed E-state index contributed by atoms with van der Waals surface area (Å²) in [5, 5.41) is 9.17. The third-order valence-electron chi connectivity index (χ3n) is 4.15. The minimum atomic E-state index is 0.0716. The maximum atomic E-state index is 9.17. The van der Waals surface area contributed by atoms with Gasteiger partial charge in [0.1, 0.15) is 5.82 Å². The monoisotopic (exact) mass is 249 g/mol. The highest BCUT2D eigenvalue weighted by Crippen LogP contribution is 2.37. The zero-order chi connectivity index (χ0) is 13.2. The molecule has 1 aliphatic carbocycles. The molecule has 100 valence electrons. The van der Waals surface area contributed by atoms with E-state index in [2.05, 4.69) is 35.9 Å². The van der Waals surface area contributed by atoms with Crippen LogP contribution >= 0.6 is 0 Å². The third kappa shape index (κ3) is 2.49. The molecule has 0 spiro atoms. The zero-order valence-corrected chi connectivity index (χ0v) is 11.6. The number of pyridine rings is 1. The fraction of sp³-hybridized carbons (Fsp3) is 0.643. The van der Waals surface area contributed by atoms with Crippen molar-refractivity contribution in [3.05, 3.63) is 23.9 Å². The predicted molar refractivity (Wildman–Crippen MR) is 73.7 cm³/mol. The van der Waals surface area contributed by atoms with Crippen molar-refractivity contribution in [2.45, 2.75) is 31.4 Å². The molecule has 0 aromatic carbocycles. The van der Waals surface area contributed by atoms with E-state index >= 15 is 0 Å². The van der Waals surface area contributed by atoms with Gasteiger partial charge in [-0.3, -0.25) is 0 Å². The molecule has 1 aromatic heterocycles. The Morgan fingerprint density at radius 2 is 2.06 bits per heavy atom. The van der Waals surface area contributed by atoms with E-state index in [0.717, 1.165) is 17.9 Å². The zero-order valence-electron chi connectivity index (χ0n) is 11.6. The van der Waals surface area contributed by atoms with Crippen LogP contribution in [0.5, 0.6) is 0 Å². The highest BCUT2D eigenvalue weighted by Gasteiger charge is 2.40. The number of hydrogen-bond acceptors (Lipinski definition) is 4. The molecule has 0 saturated heterocycles. The Morgan fingerprint density at radius 3 is 2.56 bits per heavy atom. The van der Waals surface area contributed by atoms with Crippen molar-refractivity contribution in [1.29, 1.82) is 0 Å². The molecule has 4 nitrogen and oxygen atoms in total. The molecule has 0 aliphatic heterocycles. The highest BCUT2D eigenvalue weighted by molar-refractivity contribution is 5.40. The topological polar surface area (TPSA) is 39.6 Å². The molecule has 1 aliphatic rings. The molecule has 4 heteroatoms. The standard InChI is InChI=1S/C14H23N3O/c1-16(2)14(6-4-7-14)11-17(3)13-9-12(10-18)5-8-15-13/h5,8-9,18H,4,6-7,10-11H2,1-3H3. The molecule has 0 unspecified atom stereocenters. The molecule has 0 bridgehead atoms. The Morgan fingerprint density at radius 1 is 1.33 bits per heavy atom. The number of anilines is 1. The average molecular weight is 249 g/mol. The van der Waals surface area contributed by atoms with Crippen molar-refractivity contribution in [3.63, 3.8) is 0 Å². The summed E-state index contributed by atoms with van der Waals surface area (Å²) in [7, 11) is 6.39. The van der Waals surface area contributed by atoms with Crippen LogP contribution in [0.3, 0.4) is 0 Å². The van der Waals surface area contributed by atoms with E-state index in [9.17, 15) is 0 Å². The summed E-state index contributed by atoms with van der Waals surface area (Å²) in [5.41, 5.74) is 1.21. The van der Waals surface area contributed by atoms with Crippen LogP contribution in [-0.4, -0.2) is 48.2 Å². The maximum absolute atomic E-state index is 9.17. The number of aromatic nitrogens is 1. The lowest BCUT2D eigenvalue weighted by Crippen LogP contribution is -2.56. The summed E-state index contributed by atoms with van der Waals surface area (Å²) >= 11 is 0. The van der Waals surface area contributed by atoms with Crippen LogP contribution in [0.15, 0.2) is 18.3 Å². The van der Waals surface area contributed by atoms with Crippen LogP contribution in [0.2, 0.25) is 0 Å². The van der Waals surface area contributed by atoms with E-state index in [1.165, 1.54) is 19.3 Å². The number of aliphatic hydroxyl groups is 1. The molecule has 2 rings (SSSR count). The minimum Gasteiger partial charge on any atom is -0.392 e. The fourth-order valence-corrected chi connectivity index (χ4v) is 2.62. The van der Waals surface area contributed by atoms with E-state index in [1.807, 2.05) is 12.1 Å². The lowest BCUT2D eigenvalue weighted by Gasteiger charge is -2.49. The van der Waals surface area contributed by atoms with Gasteiger partial charge < -0.3 is 14.9 Å². The van der Waals surface area contributed by atoms with Gasteiger partial charge >= 0.3 is 0 Å². The first-order valence-electron chi connectivity index (χ1n) is 6.52. The maximum Gasteiger partial charge on any atom is 0.128 e. The van der Waals surface area contributed by atoms with Gasteiger partial charge in [-0.25, -0.2) is 4.98 Å². The van der Waals surface area contributed by atoms with Gasteiger partial charge in [-0.15, -0.1) is 0 Å². The highest BCUT2D eigenvalue weighted by atomic mass is 16.3. The molecule has 1 saturated carbocycles. The van der Waals surface area contributed by atoms with Gasteiger partial charge in [-0.05, 0) is 51.1 Å². The third-order valence-corrected chi connectivity index (χ3v) is 4.15. The SMILES string of the molecule is CN(CC1(N(C)C)CCC1)c1cc(CO)ccn1. The summed E-state index contributed by atoms with van der Waals surface area (Å²) in [4.78, 5) is 8.91. The lowest BCUT2D eigenvalue weighted by molar-refractivity contribution is 0.0682. The fourth-order valence-electron chi connectivity index (χ4n) is 2.62. The Bertz CT molecular complexity index is 402. The second-order valence-corrected chi connectivity index (χ2v) is 5.51. The van der Waals surface area contributed by atoms with Gasteiger partial charge in [0.25, 0.3) is 0 Å². The second kappa shape index (κ2) is 5.24. The van der Waals surface area contributed by atoms with Gasteiger partial charge in [-0.1, -0.05) is 0 Å². The Kier molecular flexibility index (Phi) is 3.88. The van der Waals surface area contributed by atoms with E-state index in [0.29, 0.717) is 5.54 Å². The molecule has 1 N–H and O–H groups in total. The Labute approximate surface area is 109 Å². The Balaban J connectivity index is 2.09. The van der Waals surface area contributed by atoms with Gasteiger partial charge in [0, 0.05) is 25.3 Å². The van der Waals surface area contributed by atoms with Crippen LogP contribution in [-0.2, 0) is 6.61 Å². The van der Waals surface area contributed by atoms with E-state index in [1.54, 1.807) is 6.20 Å². The minimum absolute atomic E-state index is 0.0716. The number of aliphatic hydroxyl groups excluding tert-OH is 1. The Hall–Kier alpha value is -1.13. The number of rotatable bonds is 5. The summed E-state index contributed by atoms with van der Waals surface area (Å²) in [6.45, 7) is 1.06. The van der Waals surface area contributed by atoms with Crippen molar-refractivity contribution in [2.75, 3.05) is 32.6 Å². The van der Waals surface area contributed by atoms with Crippen molar-refractivity contribution in [2.24, 2.45) is 0 Å². The quantitative estimate of drug-likeness (QED) is 0.858. The van der Waals surface area contributed by atoms with Crippen LogP contribution in [0.4, 0.5) is 5.82 Å². The van der Waals surface area contributed by atoms with Gasteiger partial charge in [0.15, 0.2) is 0 Å². The van der Waals surface area contributed by atoms with Crippen molar-refractivity contribution < 1.29 is 5.11 Å². The molecular weight excluding hydrogens is 226 g/mol. The van der Waals surface area contributed by atoms with Crippen LogP contribution in [0.1, 0.15) is 24.8 Å². The van der Waals surface area contributed by atoms with Crippen molar-refractivity contribution in [3.8, 4) is 0 Å². The molecule has 18 heavy (non-hydrogen) atoms. The molecular formula is C14H23N3O. The van der Waals surface area contributed by atoms with E-state index in [4.69, 9.17) is 5.11 Å². The van der Waals surface area contributed by atoms with Gasteiger partial charge in [-0.2, -0.15) is 0 Å². The number of nitrogens with zero attached hydrogens (tertiary/aromatic N) is 3. The number of likely N-dealkylation sites (N-methyl/N-ethyl adjacent to an activating group) is 2. The average Bonchev–Trinajstić information content (AvgIpc) is 2.33. The van der Waals surface area contributed by atoms with Crippen LogP contribution in [0.25, 0.3) is 0 Å². The first-order chi connectivity index (χ1) is 8.57. The lowest BCUT2D eigenvalue weighted by atomic mass is 9.75. The molecule has 0 amide bonds. The molecule has 0 radical (unpaired) electrons. The van der Waals surface area contributed by atoms with Crippen molar-refractivity contribution in [1.82, 2.24) is 9.88 Å². The van der Waals surface area contributed by atoms with Gasteiger partial charge in [0.2, 0.25) is 0 Å². The van der Waals surface area contributed by atoms with Crippen LogP contribution in [0, 0.1) is 0 Å². The van der Waals surface area contributed by atoms with E-state index < -0.39 is 0 Å². The molecule has 1 fully saturated rings. The summed E-state index contributed by atoms with van der Waals surface area (Å²) < 4.78 is 0. The summed E-state index contributed by atoms with van der Waals surface area (Å²) in [6, 6.07) is 3.81. The molecule has 1 heterocycles. The first-order valence-corrected chi connectivity index (χ1v) is 6.52. The normalized spacial score (nSPS) is 17.6.